The van der Waals surface area contributed by atoms with Crippen LogP contribution < -0.4 is 0 Å². The molecular weight excluding hydrogens is 254 g/mol. The molecule has 120 valence electrons. The van der Waals surface area contributed by atoms with Gasteiger partial charge in [0.25, 0.3) is 0 Å². The van der Waals surface area contributed by atoms with Crippen molar-refractivity contribution in [2.75, 3.05) is 6.54 Å². The van der Waals surface area contributed by atoms with E-state index in [0.717, 1.165) is 25.1 Å². The molecule has 1 nitrogen and oxygen atoms in total. The molecule has 0 atom stereocenters. The highest BCUT2D eigenvalue weighted by molar-refractivity contribution is 5.20. The molecule has 0 aromatic rings. The van der Waals surface area contributed by atoms with E-state index in [-0.39, 0.29) is 5.54 Å². The molecule has 21 heavy (non-hydrogen) atoms. The van der Waals surface area contributed by atoms with E-state index in [9.17, 15) is 0 Å². The van der Waals surface area contributed by atoms with Gasteiger partial charge < -0.3 is 4.90 Å². The Labute approximate surface area is 133 Å². The monoisotopic (exact) mass is 289 g/mol. The van der Waals surface area contributed by atoms with Gasteiger partial charge in [-0.2, -0.15) is 0 Å². The van der Waals surface area contributed by atoms with Crippen LogP contribution in [0.2, 0.25) is 0 Å². The van der Waals surface area contributed by atoms with Gasteiger partial charge in [0, 0.05) is 17.8 Å². The van der Waals surface area contributed by atoms with E-state index < -0.39 is 0 Å². The highest BCUT2D eigenvalue weighted by Gasteiger charge is 2.20. The van der Waals surface area contributed by atoms with Crippen molar-refractivity contribution < 1.29 is 0 Å². The lowest BCUT2D eigenvalue weighted by Gasteiger charge is -2.37. The maximum atomic E-state index is 4.24. The second-order valence-corrected chi connectivity index (χ2v) is 7.37. The highest BCUT2D eigenvalue weighted by atomic mass is 15.2. The van der Waals surface area contributed by atoms with Crippen LogP contribution in [0.5, 0.6) is 0 Å². The summed E-state index contributed by atoms with van der Waals surface area (Å²) in [6.45, 7) is 22.7. The first kappa shape index (κ1) is 19.8. The first-order valence-electron chi connectivity index (χ1n) is 7.94. The summed E-state index contributed by atoms with van der Waals surface area (Å²) in [7, 11) is 0. The fraction of sp³-hybridized carbons (Fsp3) is 0.600. The molecule has 0 aliphatic carbocycles. The lowest BCUT2D eigenvalue weighted by Crippen LogP contribution is -2.40. The normalized spacial score (nSPS) is 11.9. The maximum absolute atomic E-state index is 4.24. The van der Waals surface area contributed by atoms with Crippen molar-refractivity contribution in [2.45, 2.75) is 73.8 Å². The number of hydrogen-bond acceptors (Lipinski definition) is 1. The van der Waals surface area contributed by atoms with Crippen LogP contribution in [-0.2, 0) is 0 Å². The van der Waals surface area contributed by atoms with Gasteiger partial charge in [-0.15, -0.1) is 0 Å². The summed E-state index contributed by atoms with van der Waals surface area (Å²) in [6, 6.07) is 0. The lowest BCUT2D eigenvalue weighted by molar-refractivity contribution is 0.212. The van der Waals surface area contributed by atoms with E-state index in [4.69, 9.17) is 0 Å². The van der Waals surface area contributed by atoms with Crippen molar-refractivity contribution in [1.29, 1.82) is 0 Å². The third kappa shape index (κ3) is 9.33. The Morgan fingerprint density at radius 1 is 0.952 bits per heavy atom. The van der Waals surface area contributed by atoms with Gasteiger partial charge >= 0.3 is 0 Å². The summed E-state index contributed by atoms with van der Waals surface area (Å²) in [5.74, 6) is 0. The molecule has 0 fully saturated rings. The van der Waals surface area contributed by atoms with Gasteiger partial charge in [-0.1, -0.05) is 35.5 Å². The summed E-state index contributed by atoms with van der Waals surface area (Å²) in [6.07, 6.45) is 9.08. The van der Waals surface area contributed by atoms with E-state index in [1.807, 2.05) is 0 Å². The van der Waals surface area contributed by atoms with E-state index in [1.54, 1.807) is 0 Å². The Hall–Kier alpha value is -1.24. The van der Waals surface area contributed by atoms with Gasteiger partial charge in [-0.05, 0) is 74.3 Å². The van der Waals surface area contributed by atoms with Gasteiger partial charge in [-0.25, -0.2) is 0 Å². The molecule has 0 aromatic heterocycles. The van der Waals surface area contributed by atoms with Crippen molar-refractivity contribution in [3.63, 3.8) is 0 Å². The summed E-state index contributed by atoms with van der Waals surface area (Å²) >= 11 is 0. The standard InChI is InChI=1S/C20H35N/c1-16(2)11-10-12-18(5)13-14-21(20(7,8)9)19(6)15-17(3)4/h11,13,15H,6,10,12,14H2,1-5,7-9H3/b18-13-. The van der Waals surface area contributed by atoms with Gasteiger partial charge in [0.1, 0.15) is 0 Å². The van der Waals surface area contributed by atoms with Crippen molar-refractivity contribution in [3.05, 3.63) is 47.2 Å². The number of nitrogens with zero attached hydrogens (tertiary/aromatic N) is 1. The summed E-state index contributed by atoms with van der Waals surface area (Å²) in [4.78, 5) is 2.37. The van der Waals surface area contributed by atoms with Gasteiger partial charge in [-0.3, -0.25) is 0 Å². The Balaban J connectivity index is 4.81. The van der Waals surface area contributed by atoms with Gasteiger partial charge in [0.2, 0.25) is 0 Å². The predicted molar refractivity (Wildman–Crippen MR) is 97.5 cm³/mol. The largest absolute Gasteiger partial charge is 0.363 e. The molecule has 0 rings (SSSR count). The smallest absolute Gasteiger partial charge is 0.0367 e. The minimum atomic E-state index is 0.0831. The number of allylic oxidation sites excluding steroid dienone is 5. The zero-order chi connectivity index (χ0) is 16.6. The van der Waals surface area contributed by atoms with Crippen LogP contribution in [-0.4, -0.2) is 17.0 Å². The molecular formula is C20H35N. The first-order valence-corrected chi connectivity index (χ1v) is 7.94. The third-order valence-corrected chi connectivity index (χ3v) is 3.33. The fourth-order valence-corrected chi connectivity index (χ4v) is 2.17. The van der Waals surface area contributed by atoms with E-state index in [0.29, 0.717) is 0 Å². The zero-order valence-corrected chi connectivity index (χ0v) is 15.5. The van der Waals surface area contributed by atoms with Crippen LogP contribution in [0.4, 0.5) is 0 Å². The molecule has 0 N–H and O–H groups in total. The lowest BCUT2D eigenvalue weighted by atomic mass is 10.0. The van der Waals surface area contributed by atoms with Crippen LogP contribution in [0.1, 0.15) is 68.2 Å². The van der Waals surface area contributed by atoms with Crippen molar-refractivity contribution in [3.8, 4) is 0 Å². The predicted octanol–water partition coefficient (Wildman–Crippen LogP) is 6.26. The molecule has 0 radical (unpaired) electrons. The van der Waals surface area contributed by atoms with Crippen LogP contribution in [0.25, 0.3) is 0 Å². The van der Waals surface area contributed by atoms with Gasteiger partial charge in [0.15, 0.2) is 0 Å². The number of rotatable bonds is 7. The number of hydrogen-bond donors (Lipinski definition) is 0. The molecule has 0 bridgehead atoms. The van der Waals surface area contributed by atoms with E-state index in [2.05, 4.69) is 85.1 Å². The topological polar surface area (TPSA) is 3.24 Å². The minimum absolute atomic E-state index is 0.0831. The summed E-state index contributed by atoms with van der Waals surface area (Å²) in [5.41, 5.74) is 5.32. The Morgan fingerprint density at radius 2 is 1.52 bits per heavy atom. The Kier molecular flexibility index (Phi) is 8.39. The third-order valence-electron chi connectivity index (χ3n) is 3.33. The van der Waals surface area contributed by atoms with Crippen molar-refractivity contribution in [1.82, 2.24) is 4.90 Å². The second-order valence-electron chi connectivity index (χ2n) is 7.37. The first-order chi connectivity index (χ1) is 9.54. The second kappa shape index (κ2) is 8.92. The van der Waals surface area contributed by atoms with Crippen LogP contribution in [0.3, 0.4) is 0 Å². The summed E-state index contributed by atoms with van der Waals surface area (Å²) < 4.78 is 0. The molecule has 0 amide bonds. The van der Waals surface area contributed by atoms with Crippen LogP contribution >= 0.6 is 0 Å². The van der Waals surface area contributed by atoms with E-state index in [1.165, 1.54) is 16.7 Å². The molecule has 0 saturated carbocycles. The zero-order valence-electron chi connectivity index (χ0n) is 15.5. The molecule has 0 unspecified atom stereocenters. The average molecular weight is 290 g/mol. The fourth-order valence-electron chi connectivity index (χ4n) is 2.17. The molecule has 0 saturated heterocycles. The van der Waals surface area contributed by atoms with Gasteiger partial charge in [0.05, 0.1) is 0 Å². The van der Waals surface area contributed by atoms with Crippen LogP contribution in [0, 0.1) is 0 Å². The van der Waals surface area contributed by atoms with Crippen molar-refractivity contribution >= 4 is 0 Å². The summed E-state index contributed by atoms with van der Waals surface area (Å²) in [5, 5.41) is 0. The maximum Gasteiger partial charge on any atom is 0.0367 e. The molecule has 0 aliphatic rings. The van der Waals surface area contributed by atoms with E-state index >= 15 is 0 Å². The quantitative estimate of drug-likeness (QED) is 0.395. The van der Waals surface area contributed by atoms with Crippen LogP contribution in [0.15, 0.2) is 47.2 Å². The molecule has 0 heterocycles. The molecule has 0 aromatic carbocycles. The minimum Gasteiger partial charge on any atom is -0.363 e. The molecule has 0 aliphatic heterocycles. The SMILES string of the molecule is C=C(C=C(C)C)N(C/C=C(/C)CCC=C(C)C)C(C)(C)C. The average Bonchev–Trinajstić information content (AvgIpc) is 2.25. The Morgan fingerprint density at radius 3 is 1.95 bits per heavy atom. The molecule has 0 spiro atoms. The van der Waals surface area contributed by atoms with Crippen molar-refractivity contribution in [2.24, 2.45) is 0 Å². The highest BCUT2D eigenvalue weighted by Crippen LogP contribution is 2.21. The Bertz CT molecular complexity index is 419. The molecule has 1 heteroatoms.